The fraction of sp³-hybridized carbons (Fsp3) is 0.500. The highest BCUT2D eigenvalue weighted by atomic mass is 16.4. The maximum Gasteiger partial charge on any atom is 0.340 e. The fourth-order valence-corrected chi connectivity index (χ4v) is 3.15. The van der Waals surface area contributed by atoms with E-state index in [1.165, 1.54) is 0 Å². The van der Waals surface area contributed by atoms with Gasteiger partial charge < -0.3 is 10.2 Å². The maximum absolute atomic E-state index is 11.7. The molecule has 0 aliphatic heterocycles. The van der Waals surface area contributed by atoms with Gasteiger partial charge in [0.1, 0.15) is 0 Å². The minimum Gasteiger partial charge on any atom is -0.479 e. The summed E-state index contributed by atoms with van der Waals surface area (Å²) in [4.78, 5) is 14.4. The van der Waals surface area contributed by atoms with Crippen LogP contribution in [-0.2, 0) is 10.4 Å². The Balaban J connectivity index is 2.39. The summed E-state index contributed by atoms with van der Waals surface area (Å²) in [5.41, 5.74) is 6.93. The van der Waals surface area contributed by atoms with E-state index in [4.69, 9.17) is 5.53 Å². The standard InChI is InChI=1S/C14H17N3O3/c1-9-7-11(16-17-15)8-12(9)14(20,13(18)19)10-5-3-2-4-6-10/h2-6,9,11-12,20H,7-8H2,1H3,(H,18,19)/t9?,11?,12?,14-/m0/s1. The van der Waals surface area contributed by atoms with Crippen LogP contribution < -0.4 is 0 Å². The van der Waals surface area contributed by atoms with Gasteiger partial charge in [0.2, 0.25) is 0 Å². The van der Waals surface area contributed by atoms with E-state index in [0.29, 0.717) is 18.4 Å². The topological polar surface area (TPSA) is 106 Å². The van der Waals surface area contributed by atoms with Crippen molar-refractivity contribution in [2.24, 2.45) is 17.0 Å². The average molecular weight is 275 g/mol. The van der Waals surface area contributed by atoms with E-state index < -0.39 is 17.5 Å². The van der Waals surface area contributed by atoms with Gasteiger partial charge in [-0.05, 0) is 29.9 Å². The largest absolute Gasteiger partial charge is 0.479 e. The lowest BCUT2D eigenvalue weighted by Gasteiger charge is -2.33. The summed E-state index contributed by atoms with van der Waals surface area (Å²) in [7, 11) is 0. The quantitative estimate of drug-likeness (QED) is 0.501. The average Bonchev–Trinajstić information content (AvgIpc) is 2.80. The van der Waals surface area contributed by atoms with Crippen LogP contribution in [0.3, 0.4) is 0 Å². The Morgan fingerprint density at radius 1 is 1.40 bits per heavy atom. The molecule has 1 saturated carbocycles. The number of carboxylic acids is 1. The monoisotopic (exact) mass is 275 g/mol. The molecule has 3 unspecified atom stereocenters. The molecule has 0 radical (unpaired) electrons. The molecule has 2 N–H and O–H groups in total. The van der Waals surface area contributed by atoms with Crippen LogP contribution in [0.5, 0.6) is 0 Å². The summed E-state index contributed by atoms with van der Waals surface area (Å²) in [5.74, 6) is -1.77. The summed E-state index contributed by atoms with van der Waals surface area (Å²) >= 11 is 0. The SMILES string of the molecule is CC1CC(N=[N+]=[N-])CC1[C@](O)(C(=O)O)c1ccccc1. The normalized spacial score (nSPS) is 28.4. The van der Waals surface area contributed by atoms with Crippen LogP contribution in [0.25, 0.3) is 10.4 Å². The van der Waals surface area contributed by atoms with E-state index in [9.17, 15) is 15.0 Å². The molecule has 0 bridgehead atoms. The lowest BCUT2D eigenvalue weighted by Crippen LogP contribution is -2.44. The van der Waals surface area contributed by atoms with Gasteiger partial charge in [-0.15, -0.1) is 0 Å². The van der Waals surface area contributed by atoms with Crippen molar-refractivity contribution in [3.63, 3.8) is 0 Å². The molecule has 6 heteroatoms. The van der Waals surface area contributed by atoms with Gasteiger partial charge in [0, 0.05) is 16.9 Å². The number of azide groups is 1. The molecule has 0 spiro atoms. The second kappa shape index (κ2) is 5.53. The molecule has 1 aliphatic carbocycles. The third-order valence-electron chi connectivity index (χ3n) is 4.15. The Morgan fingerprint density at radius 2 is 2.05 bits per heavy atom. The number of aliphatic hydroxyl groups is 1. The molecule has 106 valence electrons. The summed E-state index contributed by atoms with van der Waals surface area (Å²) in [5, 5.41) is 24.0. The molecular formula is C14H17N3O3. The maximum atomic E-state index is 11.7. The summed E-state index contributed by atoms with van der Waals surface area (Å²) in [6.45, 7) is 1.88. The first-order valence-electron chi connectivity index (χ1n) is 6.55. The van der Waals surface area contributed by atoms with Crippen molar-refractivity contribution in [1.82, 2.24) is 0 Å². The Labute approximate surface area is 116 Å². The van der Waals surface area contributed by atoms with Gasteiger partial charge in [0.15, 0.2) is 5.60 Å². The minimum absolute atomic E-state index is 0.0354. The van der Waals surface area contributed by atoms with Crippen molar-refractivity contribution >= 4 is 5.97 Å². The number of hydrogen-bond donors (Lipinski definition) is 2. The highest BCUT2D eigenvalue weighted by molar-refractivity contribution is 5.79. The first-order chi connectivity index (χ1) is 9.50. The minimum atomic E-state index is -1.94. The van der Waals surface area contributed by atoms with Crippen LogP contribution in [0, 0.1) is 11.8 Å². The predicted octanol–water partition coefficient (Wildman–Crippen LogP) is 2.68. The third kappa shape index (κ3) is 2.35. The van der Waals surface area contributed by atoms with Crippen molar-refractivity contribution in [3.05, 3.63) is 46.3 Å². The first-order valence-corrected chi connectivity index (χ1v) is 6.55. The highest BCUT2D eigenvalue weighted by Gasteiger charge is 2.51. The zero-order valence-electron chi connectivity index (χ0n) is 11.2. The molecule has 4 atom stereocenters. The smallest absolute Gasteiger partial charge is 0.340 e. The lowest BCUT2D eigenvalue weighted by atomic mass is 9.76. The molecule has 0 saturated heterocycles. The van der Waals surface area contributed by atoms with Gasteiger partial charge in [-0.1, -0.05) is 42.4 Å². The summed E-state index contributed by atoms with van der Waals surface area (Å²) in [6, 6.07) is 8.15. The molecule has 1 fully saturated rings. The van der Waals surface area contributed by atoms with E-state index in [-0.39, 0.29) is 12.0 Å². The Bertz CT molecular complexity index is 542. The van der Waals surface area contributed by atoms with Crippen molar-refractivity contribution in [3.8, 4) is 0 Å². The van der Waals surface area contributed by atoms with Gasteiger partial charge in [-0.25, -0.2) is 4.79 Å². The van der Waals surface area contributed by atoms with Crippen LogP contribution in [0.2, 0.25) is 0 Å². The highest BCUT2D eigenvalue weighted by Crippen LogP contribution is 2.45. The van der Waals surface area contributed by atoms with E-state index >= 15 is 0 Å². The van der Waals surface area contributed by atoms with Crippen molar-refractivity contribution in [1.29, 1.82) is 0 Å². The van der Waals surface area contributed by atoms with E-state index in [0.717, 1.165) is 0 Å². The molecule has 0 amide bonds. The van der Waals surface area contributed by atoms with Crippen LogP contribution >= 0.6 is 0 Å². The molecule has 0 aromatic heterocycles. The van der Waals surface area contributed by atoms with Crippen LogP contribution in [0.15, 0.2) is 35.4 Å². The molecule has 1 aliphatic rings. The lowest BCUT2D eigenvalue weighted by molar-refractivity contribution is -0.168. The zero-order chi connectivity index (χ0) is 14.8. The van der Waals surface area contributed by atoms with Crippen molar-refractivity contribution in [2.75, 3.05) is 0 Å². The molecule has 1 aromatic rings. The van der Waals surface area contributed by atoms with Gasteiger partial charge in [-0.3, -0.25) is 0 Å². The Kier molecular flexibility index (Phi) is 3.97. The van der Waals surface area contributed by atoms with E-state index in [1.54, 1.807) is 30.3 Å². The second-order valence-corrected chi connectivity index (χ2v) is 5.35. The van der Waals surface area contributed by atoms with E-state index in [2.05, 4.69) is 10.0 Å². The number of nitrogens with zero attached hydrogens (tertiary/aromatic N) is 3. The number of rotatable bonds is 4. The zero-order valence-corrected chi connectivity index (χ0v) is 11.2. The molecular weight excluding hydrogens is 258 g/mol. The molecule has 2 rings (SSSR count). The van der Waals surface area contributed by atoms with Crippen LogP contribution in [0.4, 0.5) is 0 Å². The summed E-state index contributed by atoms with van der Waals surface area (Å²) in [6.07, 6.45) is 0.972. The summed E-state index contributed by atoms with van der Waals surface area (Å²) < 4.78 is 0. The second-order valence-electron chi connectivity index (χ2n) is 5.35. The van der Waals surface area contributed by atoms with E-state index in [1.807, 2.05) is 6.92 Å². The molecule has 0 heterocycles. The number of carboxylic acid groups (broad SMARTS) is 1. The predicted molar refractivity (Wildman–Crippen MR) is 72.8 cm³/mol. The van der Waals surface area contributed by atoms with Gasteiger partial charge in [0.05, 0.1) is 0 Å². The molecule has 20 heavy (non-hydrogen) atoms. The van der Waals surface area contributed by atoms with Crippen molar-refractivity contribution in [2.45, 2.75) is 31.4 Å². The van der Waals surface area contributed by atoms with Gasteiger partial charge in [0.25, 0.3) is 0 Å². The molecule has 6 nitrogen and oxygen atoms in total. The molecule has 1 aromatic carbocycles. The van der Waals surface area contributed by atoms with Crippen molar-refractivity contribution < 1.29 is 15.0 Å². The fourth-order valence-electron chi connectivity index (χ4n) is 3.15. The van der Waals surface area contributed by atoms with Crippen LogP contribution in [0.1, 0.15) is 25.3 Å². The Morgan fingerprint density at radius 3 is 2.60 bits per heavy atom. The van der Waals surface area contributed by atoms with Crippen LogP contribution in [-0.4, -0.2) is 22.2 Å². The van der Waals surface area contributed by atoms with Gasteiger partial charge in [-0.2, -0.15) is 0 Å². The third-order valence-corrected chi connectivity index (χ3v) is 4.15. The number of carbonyl (C=O) groups is 1. The number of aliphatic carboxylic acids is 1. The van der Waals surface area contributed by atoms with Gasteiger partial charge >= 0.3 is 5.97 Å². The number of hydrogen-bond acceptors (Lipinski definition) is 3. The first kappa shape index (κ1) is 14.4. The Hall–Kier alpha value is -2.04. The number of benzene rings is 1.